The lowest BCUT2D eigenvalue weighted by Crippen LogP contribution is -2.25. The van der Waals surface area contributed by atoms with Crippen LogP contribution in [0.25, 0.3) is 0 Å². The second-order valence-electron chi connectivity index (χ2n) is 4.90. The van der Waals surface area contributed by atoms with Crippen LogP contribution in [0.2, 0.25) is 5.02 Å². The molecule has 108 valence electrons. The highest BCUT2D eigenvalue weighted by Crippen LogP contribution is 2.30. The van der Waals surface area contributed by atoms with E-state index in [1.54, 1.807) is 6.20 Å². The minimum Gasteiger partial charge on any atom is -0.305 e. The van der Waals surface area contributed by atoms with Crippen molar-refractivity contribution in [3.63, 3.8) is 0 Å². The Morgan fingerprint density at radius 2 is 2.20 bits per heavy atom. The van der Waals surface area contributed by atoms with E-state index in [1.165, 1.54) is 11.1 Å². The molecule has 20 heavy (non-hydrogen) atoms. The molecule has 1 unspecified atom stereocenters. The Bertz CT molecular complexity index is 575. The van der Waals surface area contributed by atoms with Crippen molar-refractivity contribution < 1.29 is 0 Å². The number of halogens is 2. The molecular formula is C15H19BrClN3. The second kappa shape index (κ2) is 6.74. The third kappa shape index (κ3) is 3.25. The predicted molar refractivity (Wildman–Crippen MR) is 87.2 cm³/mol. The Balaban J connectivity index is 2.44. The van der Waals surface area contributed by atoms with Crippen LogP contribution in [0.15, 0.2) is 28.9 Å². The van der Waals surface area contributed by atoms with Crippen LogP contribution in [0.5, 0.6) is 0 Å². The Morgan fingerprint density at radius 3 is 2.75 bits per heavy atom. The summed E-state index contributed by atoms with van der Waals surface area (Å²) < 4.78 is 2.94. The molecule has 2 rings (SSSR count). The van der Waals surface area contributed by atoms with E-state index in [0.717, 1.165) is 23.1 Å². The summed E-state index contributed by atoms with van der Waals surface area (Å²) in [6.45, 7) is 5.16. The molecule has 0 bridgehead atoms. The van der Waals surface area contributed by atoms with Crippen molar-refractivity contribution in [2.75, 3.05) is 6.54 Å². The van der Waals surface area contributed by atoms with Crippen LogP contribution in [-0.4, -0.2) is 16.3 Å². The maximum absolute atomic E-state index is 6.30. The fourth-order valence-electron chi connectivity index (χ4n) is 2.19. The smallest absolute Gasteiger partial charge is 0.0837 e. The zero-order valence-corrected chi connectivity index (χ0v) is 14.3. The van der Waals surface area contributed by atoms with Crippen molar-refractivity contribution in [1.29, 1.82) is 0 Å². The minimum atomic E-state index is 0.0480. The molecule has 0 aliphatic rings. The standard InChI is InChI=1S/C15H19BrClN3/c1-4-7-18-14(15-13(17)9-19-20(15)3)11-6-5-10(2)12(16)8-11/h5-6,8-9,14,18H,4,7H2,1-3H3. The van der Waals surface area contributed by atoms with Gasteiger partial charge in [-0.15, -0.1) is 0 Å². The van der Waals surface area contributed by atoms with Gasteiger partial charge in [0.15, 0.2) is 0 Å². The van der Waals surface area contributed by atoms with Gasteiger partial charge in [-0.05, 0) is 37.1 Å². The molecular weight excluding hydrogens is 338 g/mol. The molecule has 2 aromatic rings. The first-order valence-corrected chi connectivity index (χ1v) is 7.88. The van der Waals surface area contributed by atoms with Crippen molar-refractivity contribution in [2.45, 2.75) is 26.3 Å². The molecule has 0 aliphatic heterocycles. The third-order valence-corrected chi connectivity index (χ3v) is 4.48. The first-order chi connectivity index (χ1) is 9.54. The molecule has 0 fully saturated rings. The number of aryl methyl sites for hydroxylation is 2. The molecule has 0 saturated heterocycles. The molecule has 5 heteroatoms. The van der Waals surface area contributed by atoms with E-state index in [4.69, 9.17) is 11.6 Å². The quantitative estimate of drug-likeness (QED) is 0.868. The van der Waals surface area contributed by atoms with Gasteiger partial charge in [-0.2, -0.15) is 5.10 Å². The van der Waals surface area contributed by atoms with Crippen LogP contribution < -0.4 is 5.32 Å². The lowest BCUT2D eigenvalue weighted by Gasteiger charge is -2.20. The Labute approximate surface area is 133 Å². The topological polar surface area (TPSA) is 29.9 Å². The van der Waals surface area contributed by atoms with Crippen molar-refractivity contribution in [3.8, 4) is 0 Å². The van der Waals surface area contributed by atoms with Gasteiger partial charge in [-0.3, -0.25) is 4.68 Å². The summed E-state index contributed by atoms with van der Waals surface area (Å²) in [5, 5.41) is 8.49. The summed E-state index contributed by atoms with van der Waals surface area (Å²) in [6, 6.07) is 6.44. The van der Waals surface area contributed by atoms with Gasteiger partial charge in [0.1, 0.15) is 0 Å². The number of aromatic nitrogens is 2. The van der Waals surface area contributed by atoms with Crippen molar-refractivity contribution in [2.24, 2.45) is 7.05 Å². The number of hydrogen-bond acceptors (Lipinski definition) is 2. The Hall–Kier alpha value is -0.840. The molecule has 0 aliphatic carbocycles. The monoisotopic (exact) mass is 355 g/mol. The first-order valence-electron chi connectivity index (χ1n) is 6.71. The molecule has 0 spiro atoms. The van der Waals surface area contributed by atoms with Crippen LogP contribution in [0, 0.1) is 6.92 Å². The average Bonchev–Trinajstić information content (AvgIpc) is 2.75. The van der Waals surface area contributed by atoms with Gasteiger partial charge >= 0.3 is 0 Å². The van der Waals surface area contributed by atoms with Gasteiger partial charge in [0.25, 0.3) is 0 Å². The molecule has 1 heterocycles. The van der Waals surface area contributed by atoms with Gasteiger partial charge in [0, 0.05) is 11.5 Å². The molecule has 0 radical (unpaired) electrons. The number of nitrogens with one attached hydrogen (secondary N) is 1. The maximum atomic E-state index is 6.30. The first kappa shape index (κ1) is 15.5. The van der Waals surface area contributed by atoms with Crippen LogP contribution >= 0.6 is 27.5 Å². The lowest BCUT2D eigenvalue weighted by atomic mass is 10.0. The summed E-state index contributed by atoms with van der Waals surface area (Å²) in [5.74, 6) is 0. The summed E-state index contributed by atoms with van der Waals surface area (Å²) >= 11 is 9.90. The number of hydrogen-bond donors (Lipinski definition) is 1. The highest BCUT2D eigenvalue weighted by atomic mass is 79.9. The maximum Gasteiger partial charge on any atom is 0.0837 e. The SMILES string of the molecule is CCCNC(c1ccc(C)c(Br)c1)c1c(Cl)cnn1C. The van der Waals surface area contributed by atoms with E-state index >= 15 is 0 Å². The average molecular weight is 357 g/mol. The van der Waals surface area contributed by atoms with Crippen molar-refractivity contribution in [1.82, 2.24) is 15.1 Å². The molecule has 1 aromatic carbocycles. The molecule has 1 N–H and O–H groups in total. The highest BCUT2D eigenvalue weighted by molar-refractivity contribution is 9.10. The summed E-state index contributed by atoms with van der Waals surface area (Å²) in [4.78, 5) is 0. The largest absolute Gasteiger partial charge is 0.305 e. The molecule has 0 amide bonds. The van der Waals surface area contributed by atoms with E-state index in [0.29, 0.717) is 5.02 Å². The van der Waals surface area contributed by atoms with Crippen LogP contribution in [-0.2, 0) is 7.05 Å². The van der Waals surface area contributed by atoms with Gasteiger partial charge in [0.05, 0.1) is 23.0 Å². The Kier molecular flexibility index (Phi) is 5.24. The van der Waals surface area contributed by atoms with Crippen LogP contribution in [0.3, 0.4) is 0 Å². The number of rotatable bonds is 5. The molecule has 1 aromatic heterocycles. The summed E-state index contributed by atoms with van der Waals surface area (Å²) in [5.41, 5.74) is 3.40. The fraction of sp³-hybridized carbons (Fsp3) is 0.400. The normalized spacial score (nSPS) is 12.7. The third-order valence-electron chi connectivity index (χ3n) is 3.34. The summed E-state index contributed by atoms with van der Waals surface area (Å²) in [7, 11) is 1.92. The Morgan fingerprint density at radius 1 is 1.45 bits per heavy atom. The zero-order valence-electron chi connectivity index (χ0n) is 12.0. The molecule has 0 saturated carbocycles. The van der Waals surface area contributed by atoms with Crippen LogP contribution in [0.4, 0.5) is 0 Å². The van der Waals surface area contributed by atoms with Gasteiger partial charge in [-0.25, -0.2) is 0 Å². The summed E-state index contributed by atoms with van der Waals surface area (Å²) in [6.07, 6.45) is 2.76. The van der Waals surface area contributed by atoms with Gasteiger partial charge in [0.2, 0.25) is 0 Å². The van der Waals surface area contributed by atoms with Crippen LogP contribution in [0.1, 0.15) is 36.2 Å². The van der Waals surface area contributed by atoms with Gasteiger partial charge in [-0.1, -0.05) is 46.6 Å². The minimum absolute atomic E-state index is 0.0480. The van der Waals surface area contributed by atoms with Crippen molar-refractivity contribution in [3.05, 3.63) is 50.7 Å². The van der Waals surface area contributed by atoms with E-state index in [2.05, 4.69) is 58.4 Å². The highest BCUT2D eigenvalue weighted by Gasteiger charge is 2.20. The fourth-order valence-corrected chi connectivity index (χ4v) is 2.87. The second-order valence-corrected chi connectivity index (χ2v) is 6.16. The predicted octanol–water partition coefficient (Wildman–Crippen LogP) is 4.23. The number of nitrogens with zero attached hydrogens (tertiary/aromatic N) is 2. The van der Waals surface area contributed by atoms with Gasteiger partial charge < -0.3 is 5.32 Å². The lowest BCUT2D eigenvalue weighted by molar-refractivity contribution is 0.553. The van der Waals surface area contributed by atoms with E-state index in [9.17, 15) is 0 Å². The molecule has 1 atom stereocenters. The van der Waals surface area contributed by atoms with E-state index in [1.807, 2.05) is 11.7 Å². The van der Waals surface area contributed by atoms with E-state index in [-0.39, 0.29) is 6.04 Å². The number of benzene rings is 1. The van der Waals surface area contributed by atoms with E-state index < -0.39 is 0 Å². The molecule has 3 nitrogen and oxygen atoms in total. The zero-order chi connectivity index (χ0) is 14.7. The van der Waals surface area contributed by atoms with Crippen molar-refractivity contribution >= 4 is 27.5 Å².